The molecule has 1 amide bonds. The van der Waals surface area contributed by atoms with Crippen molar-refractivity contribution in [2.45, 2.75) is 23.1 Å². The van der Waals surface area contributed by atoms with Gasteiger partial charge in [0.15, 0.2) is 4.34 Å². The molecule has 0 bridgehead atoms. The average molecular weight is 318 g/mol. The van der Waals surface area contributed by atoms with Crippen LogP contribution in [0, 0.1) is 0 Å². The molecule has 3 aromatic rings. The number of aromatic nitrogens is 3. The van der Waals surface area contributed by atoms with Gasteiger partial charge in [-0.1, -0.05) is 23.9 Å². The SMILES string of the molecule is CC(Sc1nc2ccccc2s1)C(=O)NCc1ccn[nH]1. The maximum Gasteiger partial charge on any atom is 0.233 e. The second-order valence-electron chi connectivity index (χ2n) is 4.51. The Labute approximate surface area is 130 Å². The van der Waals surface area contributed by atoms with Gasteiger partial charge in [-0.05, 0) is 25.1 Å². The van der Waals surface area contributed by atoms with Crippen LogP contribution in [0.5, 0.6) is 0 Å². The number of benzene rings is 1. The fourth-order valence-electron chi connectivity index (χ4n) is 1.82. The standard InChI is InChI=1S/C14H14N4OS2/c1-9(13(19)15-8-10-6-7-16-18-10)20-14-17-11-4-2-3-5-12(11)21-14/h2-7,9H,8H2,1H3,(H,15,19)(H,16,18). The van der Waals surface area contributed by atoms with Crippen LogP contribution in [0.1, 0.15) is 12.6 Å². The summed E-state index contributed by atoms with van der Waals surface area (Å²) in [6.45, 7) is 2.35. The molecular weight excluding hydrogens is 304 g/mol. The highest BCUT2D eigenvalue weighted by atomic mass is 32.2. The van der Waals surface area contributed by atoms with Gasteiger partial charge in [-0.3, -0.25) is 9.89 Å². The normalized spacial score (nSPS) is 12.4. The van der Waals surface area contributed by atoms with E-state index < -0.39 is 0 Å². The number of nitrogens with zero attached hydrogens (tertiary/aromatic N) is 2. The van der Waals surface area contributed by atoms with Crippen LogP contribution in [-0.4, -0.2) is 26.3 Å². The molecule has 0 fully saturated rings. The van der Waals surface area contributed by atoms with E-state index in [-0.39, 0.29) is 11.2 Å². The van der Waals surface area contributed by atoms with Crippen LogP contribution in [0.4, 0.5) is 0 Å². The largest absolute Gasteiger partial charge is 0.350 e. The van der Waals surface area contributed by atoms with Gasteiger partial charge in [0.25, 0.3) is 0 Å². The van der Waals surface area contributed by atoms with Crippen molar-refractivity contribution in [3.8, 4) is 0 Å². The number of hydrogen-bond donors (Lipinski definition) is 2. The molecule has 5 nitrogen and oxygen atoms in total. The van der Waals surface area contributed by atoms with Gasteiger partial charge in [-0.2, -0.15) is 5.10 Å². The number of carbonyl (C=O) groups excluding carboxylic acids is 1. The Balaban J connectivity index is 1.59. The molecule has 0 aliphatic heterocycles. The van der Waals surface area contributed by atoms with Gasteiger partial charge in [0, 0.05) is 6.20 Å². The summed E-state index contributed by atoms with van der Waals surface area (Å²) in [4.78, 5) is 16.6. The first kappa shape index (κ1) is 14.1. The zero-order chi connectivity index (χ0) is 14.7. The summed E-state index contributed by atoms with van der Waals surface area (Å²) in [5.74, 6) is -0.00569. The molecule has 1 atom stereocenters. The van der Waals surface area contributed by atoms with Crippen molar-refractivity contribution in [2.24, 2.45) is 0 Å². The van der Waals surface area contributed by atoms with Crippen molar-refractivity contribution in [3.63, 3.8) is 0 Å². The van der Waals surface area contributed by atoms with Crippen LogP contribution < -0.4 is 5.32 Å². The van der Waals surface area contributed by atoms with Crippen molar-refractivity contribution >= 4 is 39.2 Å². The molecule has 2 aromatic heterocycles. The van der Waals surface area contributed by atoms with Gasteiger partial charge in [-0.25, -0.2) is 4.98 Å². The molecule has 1 aromatic carbocycles. The summed E-state index contributed by atoms with van der Waals surface area (Å²) < 4.78 is 2.06. The third-order valence-electron chi connectivity index (χ3n) is 2.93. The monoisotopic (exact) mass is 318 g/mol. The van der Waals surface area contributed by atoms with E-state index in [0.717, 1.165) is 20.3 Å². The van der Waals surface area contributed by atoms with E-state index in [9.17, 15) is 4.79 Å². The highest BCUT2D eigenvalue weighted by molar-refractivity contribution is 8.02. The van der Waals surface area contributed by atoms with E-state index in [4.69, 9.17) is 0 Å². The van der Waals surface area contributed by atoms with Crippen LogP contribution in [0.25, 0.3) is 10.2 Å². The molecule has 108 valence electrons. The summed E-state index contributed by atoms with van der Waals surface area (Å²) >= 11 is 3.10. The zero-order valence-corrected chi connectivity index (χ0v) is 13.0. The predicted octanol–water partition coefficient (Wildman–Crippen LogP) is 2.82. The van der Waals surface area contributed by atoms with Crippen LogP contribution in [-0.2, 0) is 11.3 Å². The highest BCUT2D eigenvalue weighted by Gasteiger charge is 2.16. The molecule has 7 heteroatoms. The minimum atomic E-state index is -0.187. The molecule has 3 rings (SSSR count). The summed E-state index contributed by atoms with van der Waals surface area (Å²) in [6.07, 6.45) is 1.67. The van der Waals surface area contributed by atoms with Gasteiger partial charge in [0.05, 0.1) is 27.7 Å². The Bertz CT molecular complexity index is 705. The van der Waals surface area contributed by atoms with Gasteiger partial charge in [0.1, 0.15) is 0 Å². The molecule has 21 heavy (non-hydrogen) atoms. The van der Waals surface area contributed by atoms with E-state index >= 15 is 0 Å². The summed E-state index contributed by atoms with van der Waals surface area (Å²) in [5.41, 5.74) is 1.87. The molecule has 0 saturated heterocycles. The first-order valence-electron chi connectivity index (χ1n) is 6.50. The molecule has 2 N–H and O–H groups in total. The Kier molecular flexibility index (Phi) is 4.21. The summed E-state index contributed by atoms with van der Waals surface area (Å²) in [7, 11) is 0. The minimum Gasteiger partial charge on any atom is -0.350 e. The Morgan fingerprint density at radius 2 is 2.29 bits per heavy atom. The number of nitrogens with one attached hydrogen (secondary N) is 2. The van der Waals surface area contributed by atoms with Crippen LogP contribution >= 0.6 is 23.1 Å². The van der Waals surface area contributed by atoms with Crippen LogP contribution in [0.2, 0.25) is 0 Å². The van der Waals surface area contributed by atoms with Crippen molar-refractivity contribution < 1.29 is 4.79 Å². The molecule has 0 saturated carbocycles. The van der Waals surface area contributed by atoms with E-state index in [1.54, 1.807) is 17.5 Å². The number of H-pyrrole nitrogens is 1. The number of hydrogen-bond acceptors (Lipinski definition) is 5. The second kappa shape index (κ2) is 6.28. The van der Waals surface area contributed by atoms with Crippen molar-refractivity contribution in [1.82, 2.24) is 20.5 Å². The summed E-state index contributed by atoms with van der Waals surface area (Å²) in [5, 5.41) is 9.36. The molecule has 0 aliphatic rings. The predicted molar refractivity (Wildman–Crippen MR) is 85.4 cm³/mol. The lowest BCUT2D eigenvalue weighted by Gasteiger charge is -2.09. The topological polar surface area (TPSA) is 70.7 Å². The van der Waals surface area contributed by atoms with Gasteiger partial charge >= 0.3 is 0 Å². The quantitative estimate of drug-likeness (QED) is 0.710. The number of carbonyl (C=O) groups is 1. The number of aromatic amines is 1. The van der Waals surface area contributed by atoms with Crippen LogP contribution in [0.3, 0.4) is 0 Å². The molecule has 0 aliphatic carbocycles. The number of rotatable bonds is 5. The highest BCUT2D eigenvalue weighted by Crippen LogP contribution is 2.31. The Hall–Kier alpha value is -1.86. The molecule has 0 radical (unpaired) electrons. The lowest BCUT2D eigenvalue weighted by molar-refractivity contribution is -0.120. The number of fused-ring (bicyclic) bond motifs is 1. The smallest absolute Gasteiger partial charge is 0.233 e. The molecule has 0 spiro atoms. The van der Waals surface area contributed by atoms with Crippen molar-refractivity contribution in [1.29, 1.82) is 0 Å². The van der Waals surface area contributed by atoms with E-state index in [1.807, 2.05) is 37.3 Å². The maximum atomic E-state index is 12.1. The van der Waals surface area contributed by atoms with Gasteiger partial charge in [0.2, 0.25) is 5.91 Å². The van der Waals surface area contributed by atoms with E-state index in [2.05, 4.69) is 20.5 Å². The zero-order valence-electron chi connectivity index (χ0n) is 11.4. The molecular formula is C14H14N4OS2. The van der Waals surface area contributed by atoms with Crippen molar-refractivity contribution in [2.75, 3.05) is 0 Å². The number of thioether (sulfide) groups is 1. The third kappa shape index (κ3) is 3.43. The number of para-hydroxylation sites is 1. The van der Waals surface area contributed by atoms with E-state index in [1.165, 1.54) is 11.8 Å². The fourth-order valence-corrected chi connectivity index (χ4v) is 4.05. The van der Waals surface area contributed by atoms with Gasteiger partial charge < -0.3 is 5.32 Å². The lowest BCUT2D eigenvalue weighted by atomic mass is 10.3. The van der Waals surface area contributed by atoms with Crippen molar-refractivity contribution in [3.05, 3.63) is 42.2 Å². The van der Waals surface area contributed by atoms with Crippen LogP contribution in [0.15, 0.2) is 40.9 Å². The van der Waals surface area contributed by atoms with Gasteiger partial charge in [-0.15, -0.1) is 11.3 Å². The molecule has 2 heterocycles. The first-order valence-corrected chi connectivity index (χ1v) is 8.20. The second-order valence-corrected chi connectivity index (χ2v) is 7.13. The van der Waals surface area contributed by atoms with E-state index in [0.29, 0.717) is 6.54 Å². The number of amides is 1. The molecule has 1 unspecified atom stereocenters. The Morgan fingerprint density at radius 1 is 1.43 bits per heavy atom. The minimum absolute atomic E-state index is 0.00569. The number of thiazole rings is 1. The summed E-state index contributed by atoms with van der Waals surface area (Å²) in [6, 6.07) is 9.83. The first-order chi connectivity index (χ1) is 10.2. The third-order valence-corrected chi connectivity index (χ3v) is 5.16. The fraction of sp³-hybridized carbons (Fsp3) is 0.214. The average Bonchev–Trinajstić information content (AvgIpc) is 3.13. The Morgan fingerprint density at radius 3 is 3.05 bits per heavy atom. The maximum absolute atomic E-state index is 12.1. The lowest BCUT2D eigenvalue weighted by Crippen LogP contribution is -2.30.